The van der Waals surface area contributed by atoms with Gasteiger partial charge in [-0.25, -0.2) is 0 Å². The van der Waals surface area contributed by atoms with Gasteiger partial charge in [0.1, 0.15) is 0 Å². The molecule has 0 saturated carbocycles. The van der Waals surface area contributed by atoms with Crippen LogP contribution in [0.1, 0.15) is 12.5 Å². The molecule has 18 heavy (non-hydrogen) atoms. The molecule has 0 spiro atoms. The minimum Gasteiger partial charge on any atom is -0.313 e. The fourth-order valence-electron chi connectivity index (χ4n) is 1.63. The minimum absolute atomic E-state index is 0.790. The Labute approximate surface area is 117 Å². The number of nitrogens with zero attached hydrogens (tertiary/aromatic N) is 2. The average molecular weight is 282 g/mol. The highest BCUT2D eigenvalue weighted by molar-refractivity contribution is 7.99. The summed E-state index contributed by atoms with van der Waals surface area (Å²) in [5, 5.41) is 8.30. The molecule has 5 heteroatoms. The smallest absolute Gasteiger partial charge is 0.0629 e. The molecule has 2 rings (SSSR count). The molecule has 0 aliphatic carbocycles. The zero-order valence-electron chi connectivity index (χ0n) is 10.5. The minimum atomic E-state index is 0.790. The van der Waals surface area contributed by atoms with Crippen LogP contribution in [-0.2, 0) is 13.6 Å². The molecule has 0 amide bonds. The van der Waals surface area contributed by atoms with Crippen molar-refractivity contribution < 1.29 is 0 Å². The van der Waals surface area contributed by atoms with Crippen molar-refractivity contribution in [2.24, 2.45) is 7.05 Å². The van der Waals surface area contributed by atoms with Crippen molar-refractivity contribution in [3.05, 3.63) is 41.2 Å². The van der Waals surface area contributed by atoms with Gasteiger partial charge in [0, 0.05) is 29.7 Å². The number of aromatic nitrogens is 2. The average Bonchev–Trinajstić information content (AvgIpc) is 2.74. The SMILES string of the molecule is CCNCc1c(Cl)cccc1Sc1cnn(C)c1. The van der Waals surface area contributed by atoms with Gasteiger partial charge in [-0.2, -0.15) is 5.10 Å². The largest absolute Gasteiger partial charge is 0.313 e. The third kappa shape index (κ3) is 3.28. The Balaban J connectivity index is 2.23. The topological polar surface area (TPSA) is 29.9 Å². The predicted octanol–water partition coefficient (Wildman–Crippen LogP) is 3.33. The summed E-state index contributed by atoms with van der Waals surface area (Å²) in [5.41, 5.74) is 1.15. The highest BCUT2D eigenvalue weighted by Gasteiger charge is 2.08. The van der Waals surface area contributed by atoms with Crippen molar-refractivity contribution >= 4 is 23.4 Å². The molecule has 0 atom stereocenters. The molecule has 0 unspecified atom stereocenters. The zero-order chi connectivity index (χ0) is 13.0. The van der Waals surface area contributed by atoms with Gasteiger partial charge in [-0.3, -0.25) is 4.68 Å². The fraction of sp³-hybridized carbons (Fsp3) is 0.308. The second kappa shape index (κ2) is 6.27. The summed E-state index contributed by atoms with van der Waals surface area (Å²) < 4.78 is 1.80. The highest BCUT2D eigenvalue weighted by atomic mass is 35.5. The lowest BCUT2D eigenvalue weighted by molar-refractivity contribution is 0.718. The molecule has 0 aliphatic rings. The van der Waals surface area contributed by atoms with Crippen LogP contribution in [0.2, 0.25) is 5.02 Å². The summed E-state index contributed by atoms with van der Waals surface area (Å²) in [4.78, 5) is 2.30. The molecule has 0 radical (unpaired) electrons. The number of nitrogens with one attached hydrogen (secondary N) is 1. The van der Waals surface area contributed by atoms with Crippen LogP contribution in [0.4, 0.5) is 0 Å². The van der Waals surface area contributed by atoms with Crippen molar-refractivity contribution in [1.82, 2.24) is 15.1 Å². The zero-order valence-corrected chi connectivity index (χ0v) is 12.1. The van der Waals surface area contributed by atoms with Gasteiger partial charge in [0.2, 0.25) is 0 Å². The first-order valence-corrected chi connectivity index (χ1v) is 7.04. The van der Waals surface area contributed by atoms with Gasteiger partial charge in [0.05, 0.1) is 11.1 Å². The Morgan fingerprint density at radius 3 is 2.94 bits per heavy atom. The lowest BCUT2D eigenvalue weighted by atomic mass is 10.2. The van der Waals surface area contributed by atoms with Crippen molar-refractivity contribution in [2.75, 3.05) is 6.54 Å². The van der Waals surface area contributed by atoms with E-state index in [9.17, 15) is 0 Å². The van der Waals surface area contributed by atoms with Crippen molar-refractivity contribution in [1.29, 1.82) is 0 Å². The Kier molecular flexibility index (Phi) is 4.69. The van der Waals surface area contributed by atoms with Gasteiger partial charge < -0.3 is 5.32 Å². The maximum absolute atomic E-state index is 6.26. The Hall–Kier alpha value is -0.970. The van der Waals surface area contributed by atoms with Crippen molar-refractivity contribution in [3.63, 3.8) is 0 Å². The maximum atomic E-state index is 6.26. The van der Waals surface area contributed by atoms with Crippen LogP contribution in [0.3, 0.4) is 0 Å². The molecule has 1 heterocycles. The summed E-state index contributed by atoms with van der Waals surface area (Å²) in [6.07, 6.45) is 3.87. The van der Waals surface area contributed by atoms with Crippen LogP contribution in [-0.4, -0.2) is 16.3 Å². The number of halogens is 1. The van der Waals surface area contributed by atoms with E-state index < -0.39 is 0 Å². The second-order valence-corrected chi connectivity index (χ2v) is 5.47. The van der Waals surface area contributed by atoms with E-state index in [0.717, 1.165) is 28.6 Å². The quantitative estimate of drug-likeness (QED) is 0.912. The van der Waals surface area contributed by atoms with Crippen LogP contribution in [0.15, 0.2) is 40.4 Å². The lowest BCUT2D eigenvalue weighted by Gasteiger charge is -2.10. The van der Waals surface area contributed by atoms with E-state index in [-0.39, 0.29) is 0 Å². The van der Waals surface area contributed by atoms with E-state index in [1.165, 1.54) is 4.90 Å². The first-order valence-electron chi connectivity index (χ1n) is 5.85. The van der Waals surface area contributed by atoms with E-state index in [2.05, 4.69) is 23.4 Å². The molecule has 96 valence electrons. The first-order chi connectivity index (χ1) is 8.70. The molecule has 0 bridgehead atoms. The van der Waals surface area contributed by atoms with Crippen LogP contribution in [0, 0.1) is 0 Å². The summed E-state index contributed by atoms with van der Waals surface area (Å²) in [6, 6.07) is 6.01. The number of aryl methyl sites for hydroxylation is 1. The molecule has 0 saturated heterocycles. The fourth-order valence-corrected chi connectivity index (χ4v) is 2.94. The first kappa shape index (κ1) is 13.5. The van der Waals surface area contributed by atoms with Gasteiger partial charge in [-0.15, -0.1) is 0 Å². The van der Waals surface area contributed by atoms with E-state index in [0.29, 0.717) is 0 Å². The van der Waals surface area contributed by atoms with E-state index in [1.807, 2.05) is 31.6 Å². The normalized spacial score (nSPS) is 10.8. The highest BCUT2D eigenvalue weighted by Crippen LogP contribution is 2.33. The summed E-state index contributed by atoms with van der Waals surface area (Å²) in [7, 11) is 1.92. The monoisotopic (exact) mass is 281 g/mol. The van der Waals surface area contributed by atoms with E-state index in [4.69, 9.17) is 11.6 Å². The standard InChI is InChI=1S/C13H16ClN3S/c1-3-15-8-11-12(14)5-4-6-13(11)18-10-7-16-17(2)9-10/h4-7,9,15H,3,8H2,1-2H3. The Bertz CT molecular complexity index is 525. The molecule has 3 nitrogen and oxygen atoms in total. The Morgan fingerprint density at radius 1 is 1.44 bits per heavy atom. The molecule has 1 aromatic heterocycles. The lowest BCUT2D eigenvalue weighted by Crippen LogP contribution is -2.12. The second-order valence-electron chi connectivity index (χ2n) is 3.95. The molecule has 1 aromatic carbocycles. The predicted molar refractivity (Wildman–Crippen MR) is 76.2 cm³/mol. The summed E-state index contributed by atoms with van der Waals surface area (Å²) in [5.74, 6) is 0. The van der Waals surface area contributed by atoms with Gasteiger partial charge >= 0.3 is 0 Å². The van der Waals surface area contributed by atoms with Crippen molar-refractivity contribution in [2.45, 2.75) is 23.3 Å². The molecule has 2 aromatic rings. The third-order valence-electron chi connectivity index (χ3n) is 2.54. The van der Waals surface area contributed by atoms with Gasteiger partial charge in [0.25, 0.3) is 0 Å². The Morgan fingerprint density at radius 2 is 2.28 bits per heavy atom. The third-order valence-corrected chi connectivity index (χ3v) is 3.94. The molecule has 0 fully saturated rings. The van der Waals surface area contributed by atoms with E-state index in [1.54, 1.807) is 16.4 Å². The molecular weight excluding hydrogens is 266 g/mol. The van der Waals surface area contributed by atoms with Crippen LogP contribution in [0.25, 0.3) is 0 Å². The van der Waals surface area contributed by atoms with Gasteiger partial charge in [0.15, 0.2) is 0 Å². The number of hydrogen-bond acceptors (Lipinski definition) is 3. The summed E-state index contributed by atoms with van der Waals surface area (Å²) in [6.45, 7) is 3.81. The van der Waals surface area contributed by atoms with Crippen molar-refractivity contribution in [3.8, 4) is 0 Å². The van der Waals surface area contributed by atoms with Crippen LogP contribution >= 0.6 is 23.4 Å². The number of hydrogen-bond donors (Lipinski definition) is 1. The van der Waals surface area contributed by atoms with Gasteiger partial charge in [-0.1, -0.05) is 36.4 Å². The van der Waals surface area contributed by atoms with E-state index >= 15 is 0 Å². The number of rotatable bonds is 5. The summed E-state index contributed by atoms with van der Waals surface area (Å²) >= 11 is 7.95. The molecule has 0 aliphatic heterocycles. The maximum Gasteiger partial charge on any atom is 0.0629 e. The molecule has 1 N–H and O–H groups in total. The van der Waals surface area contributed by atoms with Gasteiger partial charge in [-0.05, 0) is 24.2 Å². The van der Waals surface area contributed by atoms with Crippen LogP contribution in [0.5, 0.6) is 0 Å². The van der Waals surface area contributed by atoms with Crippen LogP contribution < -0.4 is 5.32 Å². The number of benzene rings is 1. The molecular formula is C13H16ClN3S.